The highest BCUT2D eigenvalue weighted by Crippen LogP contribution is 2.26. The van der Waals surface area contributed by atoms with Gasteiger partial charge in [0.15, 0.2) is 0 Å². The lowest BCUT2D eigenvalue weighted by Gasteiger charge is -2.27. The summed E-state index contributed by atoms with van der Waals surface area (Å²) in [6.07, 6.45) is 6.73. The summed E-state index contributed by atoms with van der Waals surface area (Å²) in [5.74, 6) is 0.714. The molecule has 0 aliphatic carbocycles. The highest BCUT2D eigenvalue weighted by molar-refractivity contribution is 5.12. The van der Waals surface area contributed by atoms with Gasteiger partial charge in [0.1, 0.15) is 0 Å². The molecule has 78 valence electrons. The van der Waals surface area contributed by atoms with Crippen LogP contribution in [0.15, 0.2) is 12.4 Å². The summed E-state index contributed by atoms with van der Waals surface area (Å²) in [7, 11) is 0. The second kappa shape index (κ2) is 4.13. The Morgan fingerprint density at radius 2 is 2.50 bits per heavy atom. The van der Waals surface area contributed by atoms with E-state index in [-0.39, 0.29) is 0 Å². The number of nitrogens with one attached hydrogen (secondary N) is 1. The van der Waals surface area contributed by atoms with Gasteiger partial charge >= 0.3 is 0 Å². The molecular formula is C11H19N3. The minimum atomic E-state index is 0.652. The molecule has 1 aromatic heterocycles. The molecule has 1 saturated heterocycles. The third-order valence-electron chi connectivity index (χ3n) is 3.07. The summed E-state index contributed by atoms with van der Waals surface area (Å²) < 4.78 is 2.02. The summed E-state index contributed by atoms with van der Waals surface area (Å²) in [4.78, 5) is 0. The monoisotopic (exact) mass is 193 g/mol. The minimum Gasteiger partial charge on any atom is -0.314 e. The maximum atomic E-state index is 4.33. The molecule has 2 rings (SSSR count). The van der Waals surface area contributed by atoms with E-state index >= 15 is 0 Å². The highest BCUT2D eigenvalue weighted by Gasteiger charge is 2.20. The predicted octanol–water partition coefficient (Wildman–Crippen LogP) is 1.76. The fourth-order valence-corrected chi connectivity index (χ4v) is 2.20. The van der Waals surface area contributed by atoms with Gasteiger partial charge in [-0.3, -0.25) is 4.68 Å². The number of nitrogens with zero attached hydrogens (tertiary/aromatic N) is 2. The molecule has 1 aliphatic rings. The summed E-state index contributed by atoms with van der Waals surface area (Å²) in [5.41, 5.74) is 1.42. The molecule has 2 unspecified atom stereocenters. The molecule has 0 bridgehead atoms. The Bertz CT molecular complexity index is 292. The zero-order valence-corrected chi connectivity index (χ0v) is 9.03. The Morgan fingerprint density at radius 1 is 1.64 bits per heavy atom. The maximum Gasteiger partial charge on any atom is 0.0524 e. The summed E-state index contributed by atoms with van der Waals surface area (Å²) in [6, 6.07) is 0.652. The SMILES string of the molecule is CCn1cc(C2CCNC(C)C2)cn1. The van der Waals surface area contributed by atoms with Crippen LogP contribution in [-0.2, 0) is 6.54 Å². The van der Waals surface area contributed by atoms with Crippen molar-refractivity contribution >= 4 is 0 Å². The lowest BCUT2D eigenvalue weighted by atomic mass is 9.89. The molecule has 0 radical (unpaired) electrons. The minimum absolute atomic E-state index is 0.652. The first-order valence-corrected chi connectivity index (χ1v) is 5.55. The van der Waals surface area contributed by atoms with Gasteiger partial charge in [0, 0.05) is 18.8 Å². The third kappa shape index (κ3) is 1.98. The Hall–Kier alpha value is -0.830. The third-order valence-corrected chi connectivity index (χ3v) is 3.07. The smallest absolute Gasteiger partial charge is 0.0524 e. The van der Waals surface area contributed by atoms with Crippen LogP contribution < -0.4 is 5.32 Å². The molecule has 2 atom stereocenters. The number of aromatic nitrogens is 2. The maximum absolute atomic E-state index is 4.33. The highest BCUT2D eigenvalue weighted by atomic mass is 15.3. The number of hydrogen-bond acceptors (Lipinski definition) is 2. The molecule has 1 N–H and O–H groups in total. The van der Waals surface area contributed by atoms with E-state index in [1.54, 1.807) is 0 Å². The Morgan fingerprint density at radius 3 is 3.14 bits per heavy atom. The zero-order chi connectivity index (χ0) is 9.97. The molecule has 0 spiro atoms. The second-order valence-electron chi connectivity index (χ2n) is 4.21. The summed E-state index contributed by atoms with van der Waals surface area (Å²) in [5, 5.41) is 7.81. The average Bonchev–Trinajstić information content (AvgIpc) is 2.66. The van der Waals surface area contributed by atoms with Crippen LogP contribution in [0.5, 0.6) is 0 Å². The van der Waals surface area contributed by atoms with Crippen LogP contribution in [0.4, 0.5) is 0 Å². The van der Waals surface area contributed by atoms with Crippen LogP contribution in [-0.4, -0.2) is 22.4 Å². The van der Waals surface area contributed by atoms with Gasteiger partial charge in [0.2, 0.25) is 0 Å². The van der Waals surface area contributed by atoms with E-state index in [9.17, 15) is 0 Å². The van der Waals surface area contributed by atoms with Gasteiger partial charge in [-0.05, 0) is 44.7 Å². The lowest BCUT2D eigenvalue weighted by Crippen LogP contribution is -2.34. The molecule has 14 heavy (non-hydrogen) atoms. The average molecular weight is 193 g/mol. The van der Waals surface area contributed by atoms with Crippen LogP contribution in [0.1, 0.15) is 38.2 Å². The number of piperidine rings is 1. The Labute approximate surface area is 85.5 Å². The van der Waals surface area contributed by atoms with Crippen molar-refractivity contribution in [2.75, 3.05) is 6.54 Å². The van der Waals surface area contributed by atoms with Gasteiger partial charge in [-0.25, -0.2) is 0 Å². The van der Waals surface area contributed by atoms with Crippen molar-refractivity contribution in [3.8, 4) is 0 Å². The number of aryl methyl sites for hydroxylation is 1. The van der Waals surface area contributed by atoms with Crippen LogP contribution in [0.2, 0.25) is 0 Å². The van der Waals surface area contributed by atoms with E-state index in [0.717, 1.165) is 13.1 Å². The van der Waals surface area contributed by atoms with Crippen molar-refractivity contribution in [2.45, 2.75) is 45.2 Å². The topological polar surface area (TPSA) is 29.9 Å². The number of rotatable bonds is 2. The van der Waals surface area contributed by atoms with Crippen molar-refractivity contribution in [3.05, 3.63) is 18.0 Å². The fourth-order valence-electron chi connectivity index (χ4n) is 2.20. The molecule has 0 aromatic carbocycles. The molecule has 2 heterocycles. The van der Waals surface area contributed by atoms with E-state index in [4.69, 9.17) is 0 Å². The fraction of sp³-hybridized carbons (Fsp3) is 0.727. The van der Waals surface area contributed by atoms with Gasteiger partial charge in [-0.1, -0.05) is 0 Å². The number of hydrogen-bond donors (Lipinski definition) is 1. The lowest BCUT2D eigenvalue weighted by molar-refractivity contribution is 0.381. The van der Waals surface area contributed by atoms with Crippen LogP contribution in [0.25, 0.3) is 0 Å². The van der Waals surface area contributed by atoms with Gasteiger partial charge in [0.05, 0.1) is 6.20 Å². The van der Waals surface area contributed by atoms with E-state index < -0.39 is 0 Å². The predicted molar refractivity (Wildman–Crippen MR) is 57.3 cm³/mol. The Balaban J connectivity index is 2.06. The van der Waals surface area contributed by atoms with E-state index in [0.29, 0.717) is 12.0 Å². The summed E-state index contributed by atoms with van der Waals surface area (Å²) >= 11 is 0. The van der Waals surface area contributed by atoms with E-state index in [1.165, 1.54) is 18.4 Å². The molecule has 1 aromatic rings. The van der Waals surface area contributed by atoms with Gasteiger partial charge in [-0.15, -0.1) is 0 Å². The van der Waals surface area contributed by atoms with Crippen LogP contribution >= 0.6 is 0 Å². The summed E-state index contributed by atoms with van der Waals surface area (Å²) in [6.45, 7) is 6.50. The van der Waals surface area contributed by atoms with Crippen molar-refractivity contribution < 1.29 is 0 Å². The first-order chi connectivity index (χ1) is 6.79. The molecule has 1 fully saturated rings. The van der Waals surface area contributed by atoms with Crippen molar-refractivity contribution in [2.24, 2.45) is 0 Å². The zero-order valence-electron chi connectivity index (χ0n) is 9.03. The van der Waals surface area contributed by atoms with Crippen molar-refractivity contribution in [3.63, 3.8) is 0 Å². The van der Waals surface area contributed by atoms with Crippen molar-refractivity contribution in [1.82, 2.24) is 15.1 Å². The first kappa shape index (κ1) is 9.71. The normalized spacial score (nSPS) is 27.9. The van der Waals surface area contributed by atoms with Crippen LogP contribution in [0.3, 0.4) is 0 Å². The molecular weight excluding hydrogens is 174 g/mol. The van der Waals surface area contributed by atoms with Gasteiger partial charge in [-0.2, -0.15) is 5.10 Å². The largest absolute Gasteiger partial charge is 0.314 e. The van der Waals surface area contributed by atoms with E-state index in [1.807, 2.05) is 10.9 Å². The van der Waals surface area contributed by atoms with Gasteiger partial charge in [0.25, 0.3) is 0 Å². The van der Waals surface area contributed by atoms with E-state index in [2.05, 4.69) is 30.5 Å². The molecule has 0 amide bonds. The van der Waals surface area contributed by atoms with Gasteiger partial charge < -0.3 is 5.32 Å². The molecule has 0 saturated carbocycles. The Kier molecular flexibility index (Phi) is 2.87. The van der Waals surface area contributed by atoms with Crippen molar-refractivity contribution in [1.29, 1.82) is 0 Å². The molecule has 1 aliphatic heterocycles. The quantitative estimate of drug-likeness (QED) is 0.775. The first-order valence-electron chi connectivity index (χ1n) is 5.55. The molecule has 3 heteroatoms. The second-order valence-corrected chi connectivity index (χ2v) is 4.21. The standard InChI is InChI=1S/C11H19N3/c1-3-14-8-11(7-13-14)10-4-5-12-9(2)6-10/h7-10,12H,3-6H2,1-2H3. The van der Waals surface area contributed by atoms with Crippen LogP contribution in [0, 0.1) is 0 Å². The molecule has 3 nitrogen and oxygen atoms in total.